The van der Waals surface area contributed by atoms with Crippen LogP contribution in [-0.4, -0.2) is 9.97 Å². The number of para-hydroxylation sites is 3. The summed E-state index contributed by atoms with van der Waals surface area (Å²) in [4.78, 5) is 7.09. The van der Waals surface area contributed by atoms with Gasteiger partial charge in [-0.05, 0) is 37.1 Å². The number of hydrogen-bond acceptors (Lipinski definition) is 1. The van der Waals surface area contributed by atoms with E-state index in [1.54, 1.807) is 0 Å². The molecule has 0 unspecified atom stereocenters. The van der Waals surface area contributed by atoms with Crippen molar-refractivity contribution in [3.05, 3.63) is 77.9 Å². The number of aromatic amines is 2. The third-order valence-corrected chi connectivity index (χ3v) is 5.42. The largest absolute Gasteiger partial charge is 0.398 e. The Kier molecular flexibility index (Phi) is 3.37. The van der Waals surface area contributed by atoms with Gasteiger partial charge >= 0.3 is 0 Å². The van der Waals surface area contributed by atoms with Gasteiger partial charge in [-0.15, -0.1) is 0 Å². The van der Waals surface area contributed by atoms with Gasteiger partial charge in [-0.25, -0.2) is 0 Å². The Labute approximate surface area is 157 Å². The number of hydrogen-bond donors (Lipinski definition) is 3. The molecule has 2 heterocycles. The molecule has 0 aliphatic rings. The van der Waals surface area contributed by atoms with Crippen LogP contribution in [-0.2, 0) is 0 Å². The number of H-pyrrole nitrogens is 2. The molecule has 132 valence electrons. The Hall–Kier alpha value is -3.46. The van der Waals surface area contributed by atoms with Crippen LogP contribution in [0.1, 0.15) is 11.1 Å². The quantitative estimate of drug-likeness (QED) is 0.327. The lowest BCUT2D eigenvalue weighted by atomic mass is 10.0. The summed E-state index contributed by atoms with van der Waals surface area (Å²) in [6.45, 7) is 4.24. The highest BCUT2D eigenvalue weighted by atomic mass is 14.7. The van der Waals surface area contributed by atoms with E-state index in [1.165, 1.54) is 32.9 Å². The zero-order valence-corrected chi connectivity index (χ0v) is 15.4. The van der Waals surface area contributed by atoms with Crippen LogP contribution in [0.3, 0.4) is 0 Å². The van der Waals surface area contributed by atoms with Crippen molar-refractivity contribution in [2.45, 2.75) is 13.8 Å². The number of anilines is 1. The predicted octanol–water partition coefficient (Wildman–Crippen LogP) is 6.18. The van der Waals surface area contributed by atoms with Crippen molar-refractivity contribution in [1.29, 1.82) is 0 Å². The summed E-state index contributed by atoms with van der Waals surface area (Å²) in [6, 6.07) is 23.2. The molecule has 0 atom stereocenters. The number of rotatable bonds is 2. The molecule has 0 spiro atoms. The average molecular weight is 351 g/mol. The number of fused-ring (bicyclic) bond motifs is 2. The molecule has 0 aliphatic carbocycles. The summed E-state index contributed by atoms with van der Waals surface area (Å²) in [6.07, 6.45) is 0. The number of nitrogens with two attached hydrogens (primary N) is 1. The van der Waals surface area contributed by atoms with E-state index in [9.17, 15) is 0 Å². The Morgan fingerprint density at radius 1 is 0.630 bits per heavy atom. The fourth-order valence-electron chi connectivity index (χ4n) is 3.94. The fraction of sp³-hybridized carbons (Fsp3) is 0.0833. The number of benzene rings is 3. The second kappa shape index (κ2) is 5.78. The van der Waals surface area contributed by atoms with Crippen LogP contribution in [0.25, 0.3) is 44.3 Å². The highest BCUT2D eigenvalue weighted by Gasteiger charge is 2.13. The molecule has 5 aromatic rings. The van der Waals surface area contributed by atoms with Crippen LogP contribution < -0.4 is 5.73 Å². The van der Waals surface area contributed by atoms with Crippen molar-refractivity contribution in [1.82, 2.24) is 9.97 Å². The molecule has 3 heteroatoms. The molecule has 0 saturated carbocycles. The molecule has 4 N–H and O–H groups in total. The number of nitrogen functional groups attached to an aromatic ring is 1. The summed E-state index contributed by atoms with van der Waals surface area (Å²) in [5.41, 5.74) is 16.4. The van der Waals surface area contributed by atoms with Crippen molar-refractivity contribution >= 4 is 27.5 Å². The Morgan fingerprint density at radius 3 is 1.52 bits per heavy atom. The molecule has 3 aromatic carbocycles. The van der Waals surface area contributed by atoms with E-state index in [1.807, 2.05) is 0 Å². The lowest BCUT2D eigenvalue weighted by Gasteiger charge is -2.09. The number of aromatic nitrogens is 2. The second-order valence-corrected chi connectivity index (χ2v) is 7.21. The average Bonchev–Trinajstić information content (AvgIpc) is 3.27. The van der Waals surface area contributed by atoms with Gasteiger partial charge in [0.2, 0.25) is 0 Å². The van der Waals surface area contributed by atoms with Crippen LogP contribution in [0, 0.1) is 13.8 Å². The first kappa shape index (κ1) is 15.8. The molecule has 0 aliphatic heterocycles. The molecule has 2 aromatic heterocycles. The molecule has 27 heavy (non-hydrogen) atoms. The van der Waals surface area contributed by atoms with Crippen LogP contribution in [0.2, 0.25) is 0 Å². The number of nitrogens with one attached hydrogen (secondary N) is 2. The molecular weight excluding hydrogens is 330 g/mol. The van der Waals surface area contributed by atoms with Crippen LogP contribution in [0.15, 0.2) is 66.7 Å². The first-order chi connectivity index (χ1) is 13.1. The molecule has 0 fully saturated rings. The van der Waals surface area contributed by atoms with E-state index in [0.29, 0.717) is 0 Å². The van der Waals surface area contributed by atoms with Crippen molar-refractivity contribution in [3.63, 3.8) is 0 Å². The van der Waals surface area contributed by atoms with E-state index in [0.717, 1.165) is 28.2 Å². The first-order valence-electron chi connectivity index (χ1n) is 9.18. The normalized spacial score (nSPS) is 11.5. The summed E-state index contributed by atoms with van der Waals surface area (Å²) < 4.78 is 0. The van der Waals surface area contributed by atoms with Gasteiger partial charge < -0.3 is 15.7 Å². The summed E-state index contributed by atoms with van der Waals surface area (Å²) >= 11 is 0. The Morgan fingerprint density at radius 2 is 1.07 bits per heavy atom. The van der Waals surface area contributed by atoms with Gasteiger partial charge in [-0.3, -0.25) is 0 Å². The smallest absolute Gasteiger partial charge is 0.0503 e. The monoisotopic (exact) mass is 351 g/mol. The summed E-state index contributed by atoms with van der Waals surface area (Å²) in [5.74, 6) is 0. The Bertz CT molecular complexity index is 1210. The second-order valence-electron chi connectivity index (χ2n) is 7.21. The third-order valence-electron chi connectivity index (χ3n) is 5.42. The summed E-state index contributed by atoms with van der Waals surface area (Å²) in [5, 5.41) is 2.41. The first-order valence-corrected chi connectivity index (χ1v) is 9.18. The van der Waals surface area contributed by atoms with Crippen LogP contribution in [0.4, 0.5) is 5.69 Å². The maximum Gasteiger partial charge on any atom is 0.0503 e. The minimum absolute atomic E-state index is 0.783. The summed E-state index contributed by atoms with van der Waals surface area (Å²) in [7, 11) is 0. The lowest BCUT2D eigenvalue weighted by Crippen LogP contribution is -1.94. The maximum absolute atomic E-state index is 6.63. The van der Waals surface area contributed by atoms with Gasteiger partial charge in [0, 0.05) is 44.3 Å². The van der Waals surface area contributed by atoms with Crippen molar-refractivity contribution < 1.29 is 0 Å². The van der Waals surface area contributed by atoms with Gasteiger partial charge in [0.1, 0.15) is 0 Å². The van der Waals surface area contributed by atoms with E-state index in [2.05, 4.69) is 90.5 Å². The highest BCUT2D eigenvalue weighted by Crippen LogP contribution is 2.37. The molecule has 0 radical (unpaired) electrons. The van der Waals surface area contributed by atoms with Crippen molar-refractivity contribution in [3.8, 4) is 22.5 Å². The zero-order valence-electron chi connectivity index (χ0n) is 15.4. The maximum atomic E-state index is 6.63. The van der Waals surface area contributed by atoms with Gasteiger partial charge in [0.05, 0.1) is 5.69 Å². The van der Waals surface area contributed by atoms with E-state index >= 15 is 0 Å². The van der Waals surface area contributed by atoms with Gasteiger partial charge in [-0.1, -0.05) is 54.6 Å². The molecule has 0 bridgehead atoms. The highest BCUT2D eigenvalue weighted by molar-refractivity contribution is 5.96. The SMILES string of the molecule is Cc1cccc2cc(-c3cccc(-c4cc5cccc(C)c5[nH]4)c3N)[nH]c12. The fourth-order valence-corrected chi connectivity index (χ4v) is 3.94. The standard InChI is InChI=1S/C24H21N3/c1-14-6-3-8-16-12-20(26-23(14)16)18-10-5-11-19(22(18)25)21-13-17-9-4-7-15(2)24(17)27-21/h3-13,26-27H,25H2,1-2H3. The minimum Gasteiger partial charge on any atom is -0.398 e. The van der Waals surface area contributed by atoms with Gasteiger partial charge in [-0.2, -0.15) is 0 Å². The van der Waals surface area contributed by atoms with Crippen molar-refractivity contribution in [2.24, 2.45) is 0 Å². The topological polar surface area (TPSA) is 57.6 Å². The van der Waals surface area contributed by atoms with Gasteiger partial charge in [0.15, 0.2) is 0 Å². The van der Waals surface area contributed by atoms with E-state index < -0.39 is 0 Å². The van der Waals surface area contributed by atoms with E-state index in [4.69, 9.17) is 5.73 Å². The lowest BCUT2D eigenvalue weighted by molar-refractivity contribution is 1.39. The third kappa shape index (κ3) is 2.43. The van der Waals surface area contributed by atoms with Crippen molar-refractivity contribution in [2.75, 3.05) is 5.73 Å². The molecular formula is C24H21N3. The molecule has 0 saturated heterocycles. The molecule has 0 amide bonds. The van der Waals surface area contributed by atoms with Gasteiger partial charge in [0.25, 0.3) is 0 Å². The Balaban J connectivity index is 1.69. The molecule has 5 rings (SSSR count). The zero-order chi connectivity index (χ0) is 18.5. The van der Waals surface area contributed by atoms with Crippen LogP contribution in [0.5, 0.6) is 0 Å². The predicted molar refractivity (Wildman–Crippen MR) is 115 cm³/mol. The van der Waals surface area contributed by atoms with Crippen LogP contribution >= 0.6 is 0 Å². The minimum atomic E-state index is 0.783. The molecule has 3 nitrogen and oxygen atoms in total. The number of aryl methyl sites for hydroxylation is 2. The van der Waals surface area contributed by atoms with E-state index in [-0.39, 0.29) is 0 Å².